The third-order valence-corrected chi connectivity index (χ3v) is 5.28. The number of benzene rings is 2. The second-order valence-corrected chi connectivity index (χ2v) is 6.85. The van der Waals surface area contributed by atoms with Gasteiger partial charge in [-0.15, -0.1) is 11.8 Å². The summed E-state index contributed by atoms with van der Waals surface area (Å²) in [6.07, 6.45) is 3.05. The molecule has 0 atom stereocenters. The highest BCUT2D eigenvalue weighted by atomic mass is 79.9. The van der Waals surface area contributed by atoms with Gasteiger partial charge in [0, 0.05) is 21.5 Å². The minimum absolute atomic E-state index is 0.409. The maximum Gasteiger partial charge on any atom is 0.144 e. The topological polar surface area (TPSA) is 56.5 Å². The molecule has 0 saturated heterocycles. The number of hydrogen-bond donors (Lipinski definition) is 2. The fourth-order valence-electron chi connectivity index (χ4n) is 2.30. The van der Waals surface area contributed by atoms with E-state index in [-0.39, 0.29) is 0 Å². The molecule has 0 aliphatic heterocycles. The van der Waals surface area contributed by atoms with Crippen LogP contribution in [0.3, 0.4) is 0 Å². The summed E-state index contributed by atoms with van der Waals surface area (Å²) in [5.74, 6) is 1.59. The van der Waals surface area contributed by atoms with Gasteiger partial charge in [-0.05, 0) is 46.8 Å². The summed E-state index contributed by atoms with van der Waals surface area (Å²) in [7, 11) is 1.65. The number of methoxy groups -OCH3 is 1. The van der Waals surface area contributed by atoms with Gasteiger partial charge in [0.15, 0.2) is 0 Å². The summed E-state index contributed by atoms with van der Waals surface area (Å²) >= 11 is 5.25. The minimum Gasteiger partial charge on any atom is -0.494 e. The van der Waals surface area contributed by atoms with E-state index in [0.29, 0.717) is 12.3 Å². The predicted molar refractivity (Wildman–Crippen MR) is 106 cm³/mol. The van der Waals surface area contributed by atoms with Crippen LogP contribution in [0.5, 0.6) is 11.5 Å². The van der Waals surface area contributed by atoms with Crippen molar-refractivity contribution in [2.45, 2.75) is 24.8 Å². The first-order valence-corrected chi connectivity index (χ1v) is 9.78. The van der Waals surface area contributed by atoms with E-state index in [1.165, 1.54) is 0 Å². The Morgan fingerprint density at radius 1 is 1.25 bits per heavy atom. The van der Waals surface area contributed by atoms with Crippen LogP contribution >= 0.6 is 27.7 Å². The lowest BCUT2D eigenvalue weighted by Crippen LogP contribution is -2.08. The molecule has 0 amide bonds. The number of halogens is 1. The monoisotopic (exact) mass is 410 g/mol. The molecule has 0 aliphatic rings. The Balaban J connectivity index is 2.26. The average Bonchev–Trinajstić information content (AvgIpc) is 2.62. The zero-order valence-corrected chi connectivity index (χ0v) is 16.6. The number of hydrogen-bond acceptors (Lipinski definition) is 5. The third-order valence-electron chi connectivity index (χ3n) is 3.56. The molecule has 0 spiro atoms. The van der Waals surface area contributed by atoms with Crippen LogP contribution in [0.1, 0.15) is 18.9 Å². The zero-order valence-electron chi connectivity index (χ0n) is 14.2. The number of nitrogens with two attached hydrogens (primary N) is 1. The van der Waals surface area contributed by atoms with Crippen LogP contribution in [0.4, 0.5) is 11.4 Å². The summed E-state index contributed by atoms with van der Waals surface area (Å²) in [5, 5.41) is 3.32. The molecule has 130 valence electrons. The van der Waals surface area contributed by atoms with Gasteiger partial charge in [-0.2, -0.15) is 0 Å². The second-order valence-electron chi connectivity index (χ2n) is 5.21. The molecule has 0 heterocycles. The van der Waals surface area contributed by atoms with Gasteiger partial charge in [0.25, 0.3) is 0 Å². The van der Waals surface area contributed by atoms with Gasteiger partial charge in [-0.1, -0.05) is 19.1 Å². The highest BCUT2D eigenvalue weighted by Gasteiger charge is 2.15. The van der Waals surface area contributed by atoms with Gasteiger partial charge >= 0.3 is 0 Å². The molecule has 0 radical (unpaired) electrons. The van der Waals surface area contributed by atoms with Gasteiger partial charge in [0.2, 0.25) is 0 Å². The van der Waals surface area contributed by atoms with Crippen molar-refractivity contribution in [2.75, 3.05) is 31.0 Å². The van der Waals surface area contributed by atoms with Crippen LogP contribution in [0.25, 0.3) is 0 Å². The van der Waals surface area contributed by atoms with E-state index in [0.717, 1.165) is 45.1 Å². The number of nitrogens with one attached hydrogen (secondary N) is 1. The Morgan fingerprint density at radius 2 is 2.00 bits per heavy atom. The molecule has 4 nitrogen and oxygen atoms in total. The SMILES string of the molecule is CCCNc1c(OC)cc(COc2ccccc2SC)c(Br)c1N. The number of ether oxygens (including phenoxy) is 2. The molecular weight excluding hydrogens is 388 g/mol. The largest absolute Gasteiger partial charge is 0.494 e. The highest BCUT2D eigenvalue weighted by molar-refractivity contribution is 9.10. The van der Waals surface area contributed by atoms with E-state index in [1.807, 2.05) is 36.6 Å². The van der Waals surface area contributed by atoms with Crippen molar-refractivity contribution in [2.24, 2.45) is 0 Å². The molecule has 2 rings (SSSR count). The lowest BCUT2D eigenvalue weighted by atomic mass is 10.1. The first-order chi connectivity index (χ1) is 11.6. The van der Waals surface area contributed by atoms with Gasteiger partial charge in [0.05, 0.1) is 12.8 Å². The van der Waals surface area contributed by atoms with E-state index in [9.17, 15) is 0 Å². The minimum atomic E-state index is 0.409. The fourth-order valence-corrected chi connectivity index (χ4v) is 3.27. The van der Waals surface area contributed by atoms with E-state index in [1.54, 1.807) is 18.9 Å². The molecule has 2 aromatic carbocycles. The summed E-state index contributed by atoms with van der Waals surface area (Å²) in [6.45, 7) is 3.35. The number of thioether (sulfide) groups is 1. The van der Waals surface area contributed by atoms with Crippen molar-refractivity contribution >= 4 is 39.1 Å². The van der Waals surface area contributed by atoms with Crippen LogP contribution in [0, 0.1) is 0 Å². The predicted octanol–water partition coefficient (Wildman–Crippen LogP) is 5.16. The Bertz CT molecular complexity index is 695. The molecule has 0 aromatic heterocycles. The summed E-state index contributed by atoms with van der Waals surface area (Å²) in [4.78, 5) is 1.11. The zero-order chi connectivity index (χ0) is 17.5. The Morgan fingerprint density at radius 3 is 2.67 bits per heavy atom. The van der Waals surface area contributed by atoms with Crippen molar-refractivity contribution in [3.63, 3.8) is 0 Å². The number of para-hydroxylation sites is 1. The summed E-state index contributed by atoms with van der Waals surface area (Å²) < 4.78 is 12.3. The van der Waals surface area contributed by atoms with Crippen LogP contribution in [-0.2, 0) is 6.61 Å². The first-order valence-electron chi connectivity index (χ1n) is 7.76. The molecule has 0 bridgehead atoms. The van der Waals surface area contributed by atoms with E-state index >= 15 is 0 Å². The molecule has 0 aliphatic carbocycles. The van der Waals surface area contributed by atoms with Crippen LogP contribution < -0.4 is 20.5 Å². The molecule has 24 heavy (non-hydrogen) atoms. The van der Waals surface area contributed by atoms with Gasteiger partial charge in [-0.25, -0.2) is 0 Å². The first kappa shape index (κ1) is 18.8. The highest BCUT2D eigenvalue weighted by Crippen LogP contribution is 2.40. The van der Waals surface area contributed by atoms with Crippen molar-refractivity contribution < 1.29 is 9.47 Å². The van der Waals surface area contributed by atoms with Crippen LogP contribution in [-0.4, -0.2) is 19.9 Å². The molecule has 6 heteroatoms. The normalized spacial score (nSPS) is 10.5. The fraction of sp³-hybridized carbons (Fsp3) is 0.333. The number of anilines is 2. The molecule has 0 fully saturated rings. The van der Waals surface area contributed by atoms with Crippen molar-refractivity contribution in [3.05, 3.63) is 40.4 Å². The Labute approximate surface area is 156 Å². The van der Waals surface area contributed by atoms with Gasteiger partial charge in [0.1, 0.15) is 23.8 Å². The van der Waals surface area contributed by atoms with Crippen molar-refractivity contribution in [1.29, 1.82) is 0 Å². The molecule has 0 saturated carbocycles. The quantitative estimate of drug-likeness (QED) is 0.464. The van der Waals surface area contributed by atoms with E-state index < -0.39 is 0 Å². The Kier molecular flexibility index (Phi) is 7.12. The van der Waals surface area contributed by atoms with Gasteiger partial charge < -0.3 is 20.5 Å². The lowest BCUT2D eigenvalue weighted by Gasteiger charge is -2.18. The van der Waals surface area contributed by atoms with Crippen LogP contribution in [0.2, 0.25) is 0 Å². The van der Waals surface area contributed by atoms with Crippen molar-refractivity contribution in [3.8, 4) is 11.5 Å². The average molecular weight is 411 g/mol. The molecular formula is C18H23BrN2O2S. The Hall–Kier alpha value is -1.53. The molecule has 2 aromatic rings. The standard InChI is InChI=1S/C18H23BrN2O2S/c1-4-9-21-18-14(22-2)10-12(16(19)17(18)20)11-23-13-7-5-6-8-15(13)24-3/h5-8,10,21H,4,9,11,20H2,1-3H3. The number of rotatable bonds is 8. The van der Waals surface area contributed by atoms with E-state index in [2.05, 4.69) is 28.2 Å². The molecule has 3 N–H and O–H groups in total. The maximum absolute atomic E-state index is 6.28. The second kappa shape index (κ2) is 9.08. The molecule has 0 unspecified atom stereocenters. The van der Waals surface area contributed by atoms with Gasteiger partial charge in [-0.3, -0.25) is 0 Å². The summed E-state index contributed by atoms with van der Waals surface area (Å²) in [6, 6.07) is 9.94. The van der Waals surface area contributed by atoms with Crippen LogP contribution in [0.15, 0.2) is 39.7 Å². The third kappa shape index (κ3) is 4.30. The number of nitrogen functional groups attached to an aromatic ring is 1. The summed E-state index contributed by atoms with van der Waals surface area (Å²) in [5.41, 5.74) is 8.68. The lowest BCUT2D eigenvalue weighted by molar-refractivity contribution is 0.297. The smallest absolute Gasteiger partial charge is 0.144 e. The van der Waals surface area contributed by atoms with E-state index in [4.69, 9.17) is 15.2 Å². The van der Waals surface area contributed by atoms with Crippen molar-refractivity contribution in [1.82, 2.24) is 0 Å². The maximum atomic E-state index is 6.28.